The first-order valence-corrected chi connectivity index (χ1v) is 13.6. The van der Waals surface area contributed by atoms with E-state index in [1.165, 1.54) is 49.2 Å². The molecular weight excluding hydrogens is 587 g/mol. The second-order valence-corrected chi connectivity index (χ2v) is 11.1. The Balaban J connectivity index is 2.08. The third-order valence-electron chi connectivity index (χ3n) is 5.73. The minimum absolute atomic E-state index is 0.0469. The van der Waals surface area contributed by atoms with Crippen LogP contribution in [0.4, 0.5) is 18.9 Å². The van der Waals surface area contributed by atoms with Gasteiger partial charge in [0.1, 0.15) is 12.6 Å². The van der Waals surface area contributed by atoms with Gasteiger partial charge in [-0.3, -0.25) is 13.9 Å². The second-order valence-electron chi connectivity index (χ2n) is 8.31. The van der Waals surface area contributed by atoms with E-state index in [9.17, 15) is 31.2 Å². The highest BCUT2D eigenvalue weighted by molar-refractivity contribution is 9.10. The predicted molar refractivity (Wildman–Crippen MR) is 141 cm³/mol. The molecule has 38 heavy (non-hydrogen) atoms. The van der Waals surface area contributed by atoms with Crippen molar-refractivity contribution in [2.75, 3.05) is 17.9 Å². The number of alkyl halides is 3. The summed E-state index contributed by atoms with van der Waals surface area (Å²) >= 11 is 3.35. The highest BCUT2D eigenvalue weighted by Gasteiger charge is 2.35. The lowest BCUT2D eigenvalue weighted by Gasteiger charge is -2.32. The largest absolute Gasteiger partial charge is 0.416 e. The Hall–Kier alpha value is -3.38. The van der Waals surface area contributed by atoms with Gasteiger partial charge in [0, 0.05) is 18.1 Å². The second kappa shape index (κ2) is 12.0. The number of rotatable bonds is 9. The fraction of sp³-hybridized carbons (Fsp3) is 0.231. The minimum Gasteiger partial charge on any atom is -0.357 e. The van der Waals surface area contributed by atoms with Crippen LogP contribution in [0.25, 0.3) is 0 Å². The summed E-state index contributed by atoms with van der Waals surface area (Å²) in [5.41, 5.74) is -0.757. The van der Waals surface area contributed by atoms with Gasteiger partial charge in [-0.1, -0.05) is 52.3 Å². The summed E-state index contributed by atoms with van der Waals surface area (Å²) in [5.74, 6) is -1.28. The maximum absolute atomic E-state index is 13.6. The molecule has 0 fully saturated rings. The molecule has 0 radical (unpaired) electrons. The number of nitrogens with one attached hydrogen (secondary N) is 1. The maximum atomic E-state index is 13.6. The van der Waals surface area contributed by atoms with E-state index in [0.29, 0.717) is 15.9 Å². The molecule has 202 valence electrons. The molecule has 12 heteroatoms. The summed E-state index contributed by atoms with van der Waals surface area (Å²) in [6, 6.07) is 16.8. The van der Waals surface area contributed by atoms with Crippen LogP contribution in [0.2, 0.25) is 0 Å². The van der Waals surface area contributed by atoms with Gasteiger partial charge in [0.15, 0.2) is 0 Å². The van der Waals surface area contributed by atoms with Crippen molar-refractivity contribution in [1.29, 1.82) is 0 Å². The van der Waals surface area contributed by atoms with Crippen molar-refractivity contribution in [3.05, 3.63) is 94.5 Å². The molecule has 1 atom stereocenters. The maximum Gasteiger partial charge on any atom is 0.416 e. The predicted octanol–water partition coefficient (Wildman–Crippen LogP) is 4.83. The Morgan fingerprint density at radius 1 is 0.974 bits per heavy atom. The van der Waals surface area contributed by atoms with E-state index >= 15 is 0 Å². The molecular formula is C26H25BrF3N3O4S. The van der Waals surface area contributed by atoms with Crippen LogP contribution in [0, 0.1) is 0 Å². The highest BCUT2D eigenvalue weighted by Crippen LogP contribution is 2.33. The van der Waals surface area contributed by atoms with Crippen LogP contribution in [0.3, 0.4) is 0 Å². The number of halogens is 4. The third-order valence-corrected chi connectivity index (χ3v) is 8.01. The number of hydrogen-bond donors (Lipinski definition) is 1. The fourth-order valence-corrected chi connectivity index (χ4v) is 5.58. The normalized spacial score (nSPS) is 12.5. The first-order chi connectivity index (χ1) is 17.8. The zero-order valence-electron chi connectivity index (χ0n) is 20.4. The summed E-state index contributed by atoms with van der Waals surface area (Å²) < 4.78 is 68.9. The lowest BCUT2D eigenvalue weighted by atomic mass is 10.1. The van der Waals surface area contributed by atoms with Gasteiger partial charge in [-0.05, 0) is 55.0 Å². The average molecular weight is 612 g/mol. The van der Waals surface area contributed by atoms with E-state index in [-0.39, 0.29) is 17.1 Å². The summed E-state index contributed by atoms with van der Waals surface area (Å²) in [6.07, 6.45) is -4.73. The summed E-state index contributed by atoms with van der Waals surface area (Å²) in [7, 11) is -3.07. The van der Waals surface area contributed by atoms with Crippen molar-refractivity contribution in [3.63, 3.8) is 0 Å². The lowest BCUT2D eigenvalue weighted by molar-refractivity contribution is -0.139. The number of sulfonamides is 1. The number of hydrogen-bond acceptors (Lipinski definition) is 4. The molecule has 1 N–H and O–H groups in total. The van der Waals surface area contributed by atoms with Crippen LogP contribution in [-0.2, 0) is 32.3 Å². The number of carbonyl (C=O) groups excluding carboxylic acids is 2. The lowest BCUT2D eigenvalue weighted by Crippen LogP contribution is -2.50. The van der Waals surface area contributed by atoms with Crippen LogP contribution in [-0.4, -0.2) is 44.8 Å². The molecule has 0 aliphatic carbocycles. The monoisotopic (exact) mass is 611 g/mol. The molecule has 0 spiro atoms. The number of nitrogens with zero attached hydrogens (tertiary/aromatic N) is 2. The highest BCUT2D eigenvalue weighted by atomic mass is 79.9. The number of amides is 2. The van der Waals surface area contributed by atoms with Gasteiger partial charge in [-0.15, -0.1) is 0 Å². The Morgan fingerprint density at radius 2 is 1.63 bits per heavy atom. The van der Waals surface area contributed by atoms with E-state index in [0.717, 1.165) is 16.6 Å². The molecule has 3 rings (SSSR count). The number of likely N-dealkylation sites (N-methyl/N-ethyl adjacent to an activating group) is 1. The molecule has 3 aromatic carbocycles. The van der Waals surface area contributed by atoms with Gasteiger partial charge in [-0.2, -0.15) is 13.2 Å². The van der Waals surface area contributed by atoms with E-state index in [2.05, 4.69) is 21.2 Å². The van der Waals surface area contributed by atoms with Crippen LogP contribution in [0.5, 0.6) is 0 Å². The quantitative estimate of drug-likeness (QED) is 0.376. The molecule has 0 aliphatic heterocycles. The van der Waals surface area contributed by atoms with Crippen molar-refractivity contribution in [1.82, 2.24) is 10.2 Å². The molecule has 0 aliphatic rings. The first kappa shape index (κ1) is 29.2. The number of anilines is 1. The third kappa shape index (κ3) is 6.93. The molecule has 0 saturated heterocycles. The first-order valence-electron chi connectivity index (χ1n) is 11.3. The molecule has 0 heterocycles. The van der Waals surface area contributed by atoms with E-state index < -0.39 is 46.2 Å². The smallest absolute Gasteiger partial charge is 0.357 e. The van der Waals surface area contributed by atoms with Crippen LogP contribution >= 0.6 is 15.9 Å². The number of carbonyl (C=O) groups is 2. The zero-order valence-corrected chi connectivity index (χ0v) is 22.8. The summed E-state index contributed by atoms with van der Waals surface area (Å²) in [5, 5.41) is 2.46. The van der Waals surface area contributed by atoms with Gasteiger partial charge in [-0.25, -0.2) is 8.42 Å². The van der Waals surface area contributed by atoms with Gasteiger partial charge < -0.3 is 10.2 Å². The van der Waals surface area contributed by atoms with Gasteiger partial charge >= 0.3 is 6.18 Å². The zero-order chi connectivity index (χ0) is 28.1. The molecule has 1 unspecified atom stereocenters. The molecule has 7 nitrogen and oxygen atoms in total. The van der Waals surface area contributed by atoms with E-state index in [1.807, 2.05) is 0 Å². The Labute approximate surface area is 227 Å². The Morgan fingerprint density at radius 3 is 2.24 bits per heavy atom. The van der Waals surface area contributed by atoms with Gasteiger partial charge in [0.25, 0.3) is 10.0 Å². The Bertz CT molecular complexity index is 1400. The van der Waals surface area contributed by atoms with Gasteiger partial charge in [0.2, 0.25) is 11.8 Å². The standard InChI is InChI=1S/C26H25BrF3N3O4S/c1-18(25(35)31-2)32(16-19-8-6-10-21(27)14-19)24(34)17-33(38(36,37)23-12-4-3-5-13-23)22-11-7-9-20(15-22)26(28,29)30/h3-15,18H,16-17H2,1-2H3,(H,31,35). The van der Waals surface area contributed by atoms with Crippen LogP contribution < -0.4 is 9.62 Å². The van der Waals surface area contributed by atoms with Crippen LogP contribution in [0.1, 0.15) is 18.1 Å². The van der Waals surface area contributed by atoms with E-state index in [1.54, 1.807) is 30.3 Å². The van der Waals surface area contributed by atoms with Crippen LogP contribution in [0.15, 0.2) is 88.2 Å². The Kier molecular flexibility index (Phi) is 9.21. The van der Waals surface area contributed by atoms with E-state index in [4.69, 9.17) is 0 Å². The average Bonchev–Trinajstić information content (AvgIpc) is 2.89. The fourth-order valence-electron chi connectivity index (χ4n) is 3.71. The summed E-state index contributed by atoms with van der Waals surface area (Å²) in [4.78, 5) is 27.1. The SMILES string of the molecule is CNC(=O)C(C)N(Cc1cccc(Br)c1)C(=O)CN(c1cccc(C(F)(F)F)c1)S(=O)(=O)c1ccccc1. The molecule has 0 saturated carbocycles. The van der Waals surface area contributed by atoms with Crippen molar-refractivity contribution < 1.29 is 31.2 Å². The molecule has 0 bridgehead atoms. The van der Waals surface area contributed by atoms with Crippen molar-refractivity contribution in [3.8, 4) is 0 Å². The summed E-state index contributed by atoms with van der Waals surface area (Å²) in [6.45, 7) is 0.595. The van der Waals surface area contributed by atoms with Crippen molar-refractivity contribution in [2.24, 2.45) is 0 Å². The topological polar surface area (TPSA) is 86.8 Å². The molecule has 2 amide bonds. The van der Waals surface area contributed by atoms with Crippen molar-refractivity contribution in [2.45, 2.75) is 30.6 Å². The molecule has 0 aromatic heterocycles. The molecule has 3 aromatic rings. The van der Waals surface area contributed by atoms with Crippen molar-refractivity contribution >= 4 is 43.5 Å². The number of benzene rings is 3. The van der Waals surface area contributed by atoms with Gasteiger partial charge in [0.05, 0.1) is 16.1 Å². The minimum atomic E-state index is -4.73.